The number of ether oxygens (including phenoxy) is 1. The van der Waals surface area contributed by atoms with E-state index in [9.17, 15) is 19.7 Å². The zero-order valence-electron chi connectivity index (χ0n) is 9.43. The minimum atomic E-state index is -0.589. The van der Waals surface area contributed by atoms with E-state index in [4.69, 9.17) is 0 Å². The van der Waals surface area contributed by atoms with Gasteiger partial charge in [0, 0.05) is 17.2 Å². The first-order valence-corrected chi connectivity index (χ1v) is 4.79. The molecule has 0 aliphatic rings. The van der Waals surface area contributed by atoms with Gasteiger partial charge in [0.25, 0.3) is 5.69 Å². The number of rotatable bonds is 4. The van der Waals surface area contributed by atoms with Gasteiger partial charge in [-0.05, 0) is 18.6 Å². The van der Waals surface area contributed by atoms with Crippen molar-refractivity contribution in [3.8, 4) is 0 Å². The highest BCUT2D eigenvalue weighted by Gasteiger charge is 2.19. The third kappa shape index (κ3) is 2.87. The largest absolute Gasteiger partial charge is 0.469 e. The summed E-state index contributed by atoms with van der Waals surface area (Å²) in [5.41, 5.74) is 0.822. The number of aryl methyl sites for hydroxylation is 1. The molecule has 6 heteroatoms. The van der Waals surface area contributed by atoms with Gasteiger partial charge in [-0.2, -0.15) is 0 Å². The Bertz CT molecular complexity index is 481. The molecule has 0 aliphatic heterocycles. The smallest absolute Gasteiger partial charge is 0.310 e. The Labute approximate surface area is 97.3 Å². The van der Waals surface area contributed by atoms with E-state index in [1.54, 1.807) is 6.92 Å². The maximum Gasteiger partial charge on any atom is 0.310 e. The Hall–Kier alpha value is -2.24. The van der Waals surface area contributed by atoms with Gasteiger partial charge in [0.2, 0.25) is 0 Å². The third-order valence-corrected chi connectivity index (χ3v) is 2.35. The lowest BCUT2D eigenvalue weighted by Crippen LogP contribution is -2.08. The number of hydrogen-bond donors (Lipinski definition) is 0. The van der Waals surface area contributed by atoms with Crippen LogP contribution in [0.1, 0.15) is 21.5 Å². The van der Waals surface area contributed by atoms with E-state index in [0.717, 1.165) is 0 Å². The maximum atomic E-state index is 11.1. The highest BCUT2D eigenvalue weighted by Crippen LogP contribution is 2.23. The zero-order chi connectivity index (χ0) is 13.0. The predicted octanol–water partition coefficient (Wildman–Crippen LogP) is 1.43. The van der Waals surface area contributed by atoms with Crippen molar-refractivity contribution in [2.24, 2.45) is 0 Å². The second kappa shape index (κ2) is 5.20. The SMILES string of the molecule is COC(=O)Cc1cc(C=O)c(C)cc1[N+](=O)[O-]. The summed E-state index contributed by atoms with van der Waals surface area (Å²) in [5, 5.41) is 10.8. The second-order valence-corrected chi connectivity index (χ2v) is 3.47. The first kappa shape index (κ1) is 12.8. The standard InChI is InChI=1S/C11H11NO5/c1-7-3-10(12(15)16)8(4-9(7)6-13)5-11(14)17-2/h3-4,6H,5H2,1-2H3. The molecule has 0 aromatic heterocycles. The van der Waals surface area contributed by atoms with Gasteiger partial charge < -0.3 is 4.74 Å². The summed E-state index contributed by atoms with van der Waals surface area (Å²) >= 11 is 0. The van der Waals surface area contributed by atoms with Crippen LogP contribution in [0.25, 0.3) is 0 Å². The Morgan fingerprint density at radius 2 is 2.18 bits per heavy atom. The van der Waals surface area contributed by atoms with Crippen LogP contribution in [0.5, 0.6) is 0 Å². The summed E-state index contributed by atoms with van der Waals surface area (Å²) < 4.78 is 4.44. The minimum absolute atomic E-state index is 0.176. The van der Waals surface area contributed by atoms with Crippen LogP contribution in [0.15, 0.2) is 12.1 Å². The van der Waals surface area contributed by atoms with E-state index in [1.807, 2.05) is 0 Å². The number of nitro benzene ring substituents is 1. The topological polar surface area (TPSA) is 86.5 Å². The van der Waals surface area contributed by atoms with Crippen LogP contribution in [0.4, 0.5) is 5.69 Å². The van der Waals surface area contributed by atoms with E-state index < -0.39 is 10.9 Å². The molecule has 0 spiro atoms. The predicted molar refractivity (Wildman–Crippen MR) is 58.9 cm³/mol. The lowest BCUT2D eigenvalue weighted by molar-refractivity contribution is -0.385. The average Bonchev–Trinajstić information content (AvgIpc) is 2.30. The molecule has 0 radical (unpaired) electrons. The summed E-state index contributed by atoms with van der Waals surface area (Å²) in [6, 6.07) is 2.62. The molecule has 6 nitrogen and oxygen atoms in total. The van der Waals surface area contributed by atoms with E-state index >= 15 is 0 Å². The van der Waals surface area contributed by atoms with Gasteiger partial charge in [0.15, 0.2) is 0 Å². The van der Waals surface area contributed by atoms with Crippen molar-refractivity contribution in [1.82, 2.24) is 0 Å². The van der Waals surface area contributed by atoms with Crippen LogP contribution in [-0.4, -0.2) is 24.3 Å². The lowest BCUT2D eigenvalue weighted by Gasteiger charge is -2.05. The molecule has 0 atom stereocenters. The molecule has 1 aromatic rings. The molecule has 0 heterocycles. The van der Waals surface area contributed by atoms with Crippen LogP contribution in [0.2, 0.25) is 0 Å². The second-order valence-electron chi connectivity index (χ2n) is 3.47. The fourth-order valence-corrected chi connectivity index (χ4v) is 1.42. The van der Waals surface area contributed by atoms with Gasteiger partial charge in [-0.15, -0.1) is 0 Å². The summed E-state index contributed by atoms with van der Waals surface area (Å²) in [6.07, 6.45) is 0.369. The third-order valence-electron chi connectivity index (χ3n) is 2.35. The molecule has 1 rings (SSSR count). The quantitative estimate of drug-likeness (QED) is 0.342. The number of methoxy groups -OCH3 is 1. The van der Waals surface area contributed by atoms with Gasteiger partial charge in [-0.25, -0.2) is 0 Å². The van der Waals surface area contributed by atoms with Gasteiger partial charge >= 0.3 is 5.97 Å². The molecule has 0 saturated carbocycles. The summed E-state index contributed by atoms with van der Waals surface area (Å²) in [4.78, 5) is 32.1. The summed E-state index contributed by atoms with van der Waals surface area (Å²) in [5.74, 6) is -0.589. The number of nitro groups is 1. The molecule has 1 aromatic carbocycles. The first-order valence-electron chi connectivity index (χ1n) is 4.79. The minimum Gasteiger partial charge on any atom is -0.469 e. The van der Waals surface area contributed by atoms with Crippen molar-refractivity contribution in [3.05, 3.63) is 38.9 Å². The molecular weight excluding hydrogens is 226 g/mol. The van der Waals surface area contributed by atoms with E-state index in [-0.39, 0.29) is 17.7 Å². The molecule has 0 aliphatic carbocycles. The normalized spacial score (nSPS) is 9.76. The number of nitrogens with zero attached hydrogens (tertiary/aromatic N) is 1. The van der Waals surface area contributed by atoms with E-state index in [2.05, 4.69) is 4.74 Å². The molecular formula is C11H11NO5. The number of esters is 1. The molecule has 0 saturated heterocycles. The van der Waals surface area contributed by atoms with Crippen molar-refractivity contribution in [1.29, 1.82) is 0 Å². The number of hydrogen-bond acceptors (Lipinski definition) is 5. The lowest BCUT2D eigenvalue weighted by atomic mass is 10.0. The molecule has 0 unspecified atom stereocenters. The Morgan fingerprint density at radius 1 is 1.53 bits per heavy atom. The fourth-order valence-electron chi connectivity index (χ4n) is 1.42. The van der Waals surface area contributed by atoms with Crippen molar-refractivity contribution in [3.63, 3.8) is 0 Å². The van der Waals surface area contributed by atoms with Crippen molar-refractivity contribution in [2.75, 3.05) is 7.11 Å². The molecule has 0 fully saturated rings. The highest BCUT2D eigenvalue weighted by atomic mass is 16.6. The first-order chi connectivity index (χ1) is 7.99. The van der Waals surface area contributed by atoms with Crippen molar-refractivity contribution in [2.45, 2.75) is 13.3 Å². The van der Waals surface area contributed by atoms with Gasteiger partial charge in [0.05, 0.1) is 18.5 Å². The van der Waals surface area contributed by atoms with Crippen molar-refractivity contribution < 1.29 is 19.2 Å². The summed E-state index contributed by atoms with van der Waals surface area (Å²) in [6.45, 7) is 1.60. The maximum absolute atomic E-state index is 11.1. The number of benzene rings is 1. The van der Waals surface area contributed by atoms with Crippen molar-refractivity contribution >= 4 is 17.9 Å². The van der Waals surface area contributed by atoms with Crippen LogP contribution < -0.4 is 0 Å². The molecule has 0 N–H and O–H groups in total. The molecule has 0 amide bonds. The van der Waals surface area contributed by atoms with Gasteiger partial charge in [0.1, 0.15) is 6.29 Å². The number of aldehydes is 1. The highest BCUT2D eigenvalue weighted by molar-refractivity contribution is 5.81. The Kier molecular flexibility index (Phi) is 3.92. The monoisotopic (exact) mass is 237 g/mol. The fraction of sp³-hybridized carbons (Fsp3) is 0.273. The van der Waals surface area contributed by atoms with Crippen LogP contribution in [0, 0.1) is 17.0 Å². The average molecular weight is 237 g/mol. The zero-order valence-corrected chi connectivity index (χ0v) is 9.43. The number of carbonyl (C=O) groups is 2. The molecule has 17 heavy (non-hydrogen) atoms. The summed E-state index contributed by atoms with van der Waals surface area (Å²) in [7, 11) is 1.20. The Morgan fingerprint density at radius 3 is 2.65 bits per heavy atom. The Balaban J connectivity index is 3.28. The molecule has 90 valence electrons. The van der Waals surface area contributed by atoms with Crippen LogP contribution in [-0.2, 0) is 16.0 Å². The molecule has 0 bridgehead atoms. The van der Waals surface area contributed by atoms with Crippen LogP contribution in [0.3, 0.4) is 0 Å². The van der Waals surface area contributed by atoms with Crippen LogP contribution >= 0.6 is 0 Å². The van der Waals surface area contributed by atoms with Gasteiger partial charge in [-0.3, -0.25) is 19.7 Å². The van der Waals surface area contributed by atoms with E-state index in [1.165, 1.54) is 19.2 Å². The number of carbonyl (C=O) groups excluding carboxylic acids is 2. The van der Waals surface area contributed by atoms with E-state index in [0.29, 0.717) is 17.4 Å². The van der Waals surface area contributed by atoms with Gasteiger partial charge in [-0.1, -0.05) is 0 Å².